The highest BCUT2D eigenvalue weighted by Gasteiger charge is 2.15. The third-order valence-corrected chi connectivity index (χ3v) is 3.74. The molecule has 0 radical (unpaired) electrons. The first kappa shape index (κ1) is 16.4. The second kappa shape index (κ2) is 8.47. The Morgan fingerprint density at radius 1 is 1.32 bits per heavy atom. The third kappa shape index (κ3) is 5.80. The van der Waals surface area contributed by atoms with E-state index in [0.717, 1.165) is 29.9 Å². The molecule has 0 aromatic heterocycles. The third-order valence-electron chi connectivity index (χ3n) is 3.74. The maximum atomic E-state index is 12.0. The Kier molecular flexibility index (Phi) is 6.31. The lowest BCUT2D eigenvalue weighted by Gasteiger charge is -2.22. The van der Waals surface area contributed by atoms with Crippen LogP contribution in [0.2, 0.25) is 0 Å². The molecule has 22 heavy (non-hydrogen) atoms. The highest BCUT2D eigenvalue weighted by molar-refractivity contribution is 5.81. The Balaban J connectivity index is 1.76. The molecule has 4 nitrogen and oxygen atoms in total. The molecule has 1 aliphatic rings. The Hall–Kier alpha value is -1.97. The first-order valence-corrected chi connectivity index (χ1v) is 8.04. The van der Waals surface area contributed by atoms with Gasteiger partial charge in [0.1, 0.15) is 12.4 Å². The van der Waals surface area contributed by atoms with Gasteiger partial charge in [-0.3, -0.25) is 4.79 Å². The standard InChI is InChI=1S/C18H26N2O2/c1-14(2)13-22-17-10-6-9-16(11-17)19-12-18(21)20-15-7-4-3-5-8-15/h6,9-11,15,19H,1,3-5,7-8,12-13H2,2H3,(H,20,21). The van der Waals surface area contributed by atoms with E-state index in [4.69, 9.17) is 4.74 Å². The minimum absolute atomic E-state index is 0.0557. The minimum atomic E-state index is 0.0557. The van der Waals surface area contributed by atoms with Gasteiger partial charge in [0, 0.05) is 17.8 Å². The average Bonchev–Trinajstić information content (AvgIpc) is 2.52. The van der Waals surface area contributed by atoms with Gasteiger partial charge in [-0.2, -0.15) is 0 Å². The Bertz CT molecular complexity index is 508. The van der Waals surface area contributed by atoms with E-state index in [0.29, 0.717) is 19.2 Å². The summed E-state index contributed by atoms with van der Waals surface area (Å²) >= 11 is 0. The second-order valence-corrected chi connectivity index (χ2v) is 6.03. The van der Waals surface area contributed by atoms with Crippen molar-refractivity contribution in [2.75, 3.05) is 18.5 Å². The molecule has 1 aromatic carbocycles. The number of benzene rings is 1. The molecule has 0 aliphatic heterocycles. The minimum Gasteiger partial charge on any atom is -0.489 e. The highest BCUT2D eigenvalue weighted by atomic mass is 16.5. The number of amides is 1. The molecule has 4 heteroatoms. The summed E-state index contributed by atoms with van der Waals surface area (Å²) < 4.78 is 5.60. The zero-order valence-corrected chi connectivity index (χ0v) is 13.4. The van der Waals surface area contributed by atoms with Crippen molar-refractivity contribution in [1.29, 1.82) is 0 Å². The molecule has 2 rings (SSSR count). The highest BCUT2D eigenvalue weighted by Crippen LogP contribution is 2.18. The number of anilines is 1. The van der Waals surface area contributed by atoms with E-state index in [2.05, 4.69) is 17.2 Å². The summed E-state index contributed by atoms with van der Waals surface area (Å²) in [6.07, 6.45) is 5.95. The predicted octanol–water partition coefficient (Wildman–Crippen LogP) is 3.50. The Labute approximate surface area is 132 Å². The van der Waals surface area contributed by atoms with Crippen LogP contribution in [0, 0.1) is 0 Å². The summed E-state index contributed by atoms with van der Waals surface area (Å²) in [6.45, 7) is 6.54. The predicted molar refractivity (Wildman–Crippen MR) is 90.3 cm³/mol. The van der Waals surface area contributed by atoms with Gasteiger partial charge in [0.2, 0.25) is 5.91 Å². The maximum Gasteiger partial charge on any atom is 0.239 e. The topological polar surface area (TPSA) is 50.4 Å². The molecule has 1 amide bonds. The van der Waals surface area contributed by atoms with E-state index in [1.165, 1.54) is 19.3 Å². The smallest absolute Gasteiger partial charge is 0.239 e. The SMILES string of the molecule is C=C(C)COc1cccc(NCC(=O)NC2CCCCC2)c1. The first-order chi connectivity index (χ1) is 10.6. The van der Waals surface area contributed by atoms with Crippen molar-refractivity contribution in [2.24, 2.45) is 0 Å². The fraction of sp³-hybridized carbons (Fsp3) is 0.500. The molecule has 1 aromatic rings. The van der Waals surface area contributed by atoms with Gasteiger partial charge in [-0.15, -0.1) is 0 Å². The van der Waals surface area contributed by atoms with Gasteiger partial charge in [0.25, 0.3) is 0 Å². The lowest BCUT2D eigenvalue weighted by molar-refractivity contribution is -0.120. The summed E-state index contributed by atoms with van der Waals surface area (Å²) in [5, 5.41) is 6.25. The van der Waals surface area contributed by atoms with Gasteiger partial charge in [-0.05, 0) is 37.5 Å². The molecular formula is C18H26N2O2. The maximum absolute atomic E-state index is 12.0. The fourth-order valence-corrected chi connectivity index (χ4v) is 2.61. The second-order valence-electron chi connectivity index (χ2n) is 6.03. The molecule has 1 aliphatic carbocycles. The zero-order chi connectivity index (χ0) is 15.8. The summed E-state index contributed by atoms with van der Waals surface area (Å²) in [5.74, 6) is 0.834. The van der Waals surface area contributed by atoms with Crippen LogP contribution < -0.4 is 15.4 Å². The number of hydrogen-bond acceptors (Lipinski definition) is 3. The molecule has 1 fully saturated rings. The van der Waals surface area contributed by atoms with E-state index < -0.39 is 0 Å². The number of hydrogen-bond donors (Lipinski definition) is 2. The molecule has 0 bridgehead atoms. The van der Waals surface area contributed by atoms with Crippen molar-refractivity contribution in [2.45, 2.75) is 45.1 Å². The summed E-state index contributed by atoms with van der Waals surface area (Å²) in [5.41, 5.74) is 1.86. The van der Waals surface area contributed by atoms with Crippen LogP contribution in [0.4, 0.5) is 5.69 Å². The number of carbonyl (C=O) groups excluding carboxylic acids is 1. The molecule has 1 saturated carbocycles. The number of nitrogens with one attached hydrogen (secondary N) is 2. The first-order valence-electron chi connectivity index (χ1n) is 8.04. The monoisotopic (exact) mass is 302 g/mol. The van der Waals surface area contributed by atoms with E-state index in [1.54, 1.807) is 0 Å². The van der Waals surface area contributed by atoms with Crippen molar-refractivity contribution in [3.8, 4) is 5.75 Å². The van der Waals surface area contributed by atoms with Gasteiger partial charge >= 0.3 is 0 Å². The Morgan fingerprint density at radius 2 is 2.09 bits per heavy atom. The van der Waals surface area contributed by atoms with E-state index in [-0.39, 0.29) is 5.91 Å². The summed E-state index contributed by atoms with van der Waals surface area (Å²) in [7, 11) is 0. The van der Waals surface area contributed by atoms with Crippen LogP contribution in [0.3, 0.4) is 0 Å². The van der Waals surface area contributed by atoms with Gasteiger partial charge < -0.3 is 15.4 Å². The van der Waals surface area contributed by atoms with Gasteiger partial charge in [-0.1, -0.05) is 31.9 Å². The molecule has 0 spiro atoms. The van der Waals surface area contributed by atoms with Crippen molar-refractivity contribution in [3.63, 3.8) is 0 Å². The normalized spacial score (nSPS) is 15.1. The number of ether oxygens (including phenoxy) is 1. The van der Waals surface area contributed by atoms with Crippen LogP contribution in [-0.4, -0.2) is 25.1 Å². The fourth-order valence-electron chi connectivity index (χ4n) is 2.61. The molecule has 2 N–H and O–H groups in total. The van der Waals surface area contributed by atoms with Crippen LogP contribution in [0.1, 0.15) is 39.0 Å². The van der Waals surface area contributed by atoms with Crippen molar-refractivity contribution in [3.05, 3.63) is 36.4 Å². The zero-order valence-electron chi connectivity index (χ0n) is 13.4. The van der Waals surface area contributed by atoms with E-state index in [9.17, 15) is 4.79 Å². The largest absolute Gasteiger partial charge is 0.489 e. The van der Waals surface area contributed by atoms with Crippen LogP contribution in [0.15, 0.2) is 36.4 Å². The Morgan fingerprint density at radius 3 is 2.82 bits per heavy atom. The van der Waals surface area contributed by atoms with Crippen molar-refractivity contribution < 1.29 is 9.53 Å². The van der Waals surface area contributed by atoms with E-state index in [1.807, 2.05) is 31.2 Å². The molecule has 0 saturated heterocycles. The summed E-state index contributed by atoms with van der Waals surface area (Å²) in [6, 6.07) is 8.00. The average molecular weight is 302 g/mol. The van der Waals surface area contributed by atoms with Crippen LogP contribution in [0.25, 0.3) is 0 Å². The van der Waals surface area contributed by atoms with E-state index >= 15 is 0 Å². The van der Waals surface area contributed by atoms with Crippen molar-refractivity contribution >= 4 is 11.6 Å². The van der Waals surface area contributed by atoms with Crippen LogP contribution in [-0.2, 0) is 4.79 Å². The van der Waals surface area contributed by atoms with Crippen molar-refractivity contribution in [1.82, 2.24) is 5.32 Å². The summed E-state index contributed by atoms with van der Waals surface area (Å²) in [4.78, 5) is 12.0. The van der Waals surface area contributed by atoms with Gasteiger partial charge in [0.15, 0.2) is 0 Å². The van der Waals surface area contributed by atoms with Crippen LogP contribution >= 0.6 is 0 Å². The molecule has 120 valence electrons. The van der Waals surface area contributed by atoms with Gasteiger partial charge in [0.05, 0.1) is 6.54 Å². The molecular weight excluding hydrogens is 276 g/mol. The lowest BCUT2D eigenvalue weighted by Crippen LogP contribution is -2.39. The van der Waals surface area contributed by atoms with Crippen LogP contribution in [0.5, 0.6) is 5.75 Å². The number of carbonyl (C=O) groups is 1. The van der Waals surface area contributed by atoms with Gasteiger partial charge in [-0.25, -0.2) is 0 Å². The lowest BCUT2D eigenvalue weighted by atomic mass is 9.95. The molecule has 0 unspecified atom stereocenters. The number of rotatable bonds is 7. The molecule has 0 heterocycles. The molecule has 0 atom stereocenters. The quantitative estimate of drug-likeness (QED) is 0.758.